The Morgan fingerprint density at radius 3 is 1.61 bits per heavy atom. The van der Waals surface area contributed by atoms with E-state index in [2.05, 4.69) is 0 Å². The van der Waals surface area contributed by atoms with Crippen molar-refractivity contribution in [2.24, 2.45) is 0 Å². The van der Waals surface area contributed by atoms with Crippen LogP contribution in [0.2, 0.25) is 0 Å². The second-order valence-electron chi connectivity index (χ2n) is 5.99. The average molecular weight is 439 g/mol. The molecule has 0 atom stereocenters. The Labute approximate surface area is 168 Å². The van der Waals surface area contributed by atoms with Crippen LogP contribution < -0.4 is 8.37 Å². The van der Waals surface area contributed by atoms with Gasteiger partial charge in [0.2, 0.25) is 0 Å². The fourth-order valence-corrected chi connectivity index (χ4v) is 4.95. The van der Waals surface area contributed by atoms with Crippen LogP contribution in [0.1, 0.15) is 18.1 Å². The zero-order valence-electron chi connectivity index (χ0n) is 15.2. The molecule has 0 amide bonds. The third kappa shape index (κ3) is 4.54. The van der Waals surface area contributed by atoms with Crippen LogP contribution in [0.25, 0.3) is 0 Å². The van der Waals surface area contributed by atoms with Gasteiger partial charge < -0.3 is 8.37 Å². The highest BCUT2D eigenvalue weighted by Gasteiger charge is 2.24. The second kappa shape index (κ2) is 7.94. The van der Waals surface area contributed by atoms with Gasteiger partial charge >= 0.3 is 20.2 Å². The molecule has 9 heteroatoms. The van der Waals surface area contributed by atoms with Crippen molar-refractivity contribution >= 4 is 31.6 Å². The number of hydrogen-bond acceptors (Lipinski definition) is 7. The lowest BCUT2D eigenvalue weighted by Gasteiger charge is -2.10. The molecule has 0 unspecified atom stereocenters. The van der Waals surface area contributed by atoms with Gasteiger partial charge in [-0.25, -0.2) is 0 Å². The monoisotopic (exact) mass is 438 g/mol. The van der Waals surface area contributed by atoms with Gasteiger partial charge in [-0.15, -0.1) is 11.3 Å². The molecular weight excluding hydrogens is 420 g/mol. The maximum absolute atomic E-state index is 12.5. The molecule has 3 rings (SSSR count). The molecule has 0 aliphatic rings. The summed E-state index contributed by atoms with van der Waals surface area (Å²) in [5, 5.41) is 2.74. The third-order valence-electron chi connectivity index (χ3n) is 3.92. The van der Waals surface area contributed by atoms with E-state index in [9.17, 15) is 16.8 Å². The predicted octanol–water partition coefficient (Wildman–Crippen LogP) is 4.15. The zero-order valence-corrected chi connectivity index (χ0v) is 17.6. The molecule has 6 nitrogen and oxygen atoms in total. The van der Waals surface area contributed by atoms with E-state index in [1.165, 1.54) is 35.0 Å². The highest BCUT2D eigenvalue weighted by molar-refractivity contribution is 7.87. The van der Waals surface area contributed by atoms with Gasteiger partial charge in [0.15, 0.2) is 11.5 Å². The Balaban J connectivity index is 1.84. The van der Waals surface area contributed by atoms with E-state index in [0.717, 1.165) is 28.9 Å². The minimum absolute atomic E-state index is 0.0248. The summed E-state index contributed by atoms with van der Waals surface area (Å²) in [6, 6.07) is 12.4. The summed E-state index contributed by atoms with van der Waals surface area (Å²) in [6.45, 7) is 3.80. The largest absolute Gasteiger partial charge is 0.374 e. The lowest BCUT2D eigenvalue weighted by Crippen LogP contribution is -2.12. The molecule has 148 valence electrons. The highest BCUT2D eigenvalue weighted by Crippen LogP contribution is 2.35. The van der Waals surface area contributed by atoms with Crippen molar-refractivity contribution in [1.82, 2.24) is 0 Å². The maximum atomic E-state index is 12.5. The Bertz CT molecular complexity index is 1160. The van der Waals surface area contributed by atoms with E-state index in [-0.39, 0.29) is 21.3 Å². The van der Waals surface area contributed by atoms with Gasteiger partial charge in [-0.3, -0.25) is 0 Å². The molecule has 0 saturated carbocycles. The SMILES string of the molecule is CCc1ccc(S(=O)(=O)Oc2cscc2OS(=O)(=O)c2ccc(C)cc2)cc1. The van der Waals surface area contributed by atoms with Crippen LogP contribution in [0.4, 0.5) is 0 Å². The fourth-order valence-electron chi connectivity index (χ4n) is 2.32. The molecule has 0 N–H and O–H groups in total. The summed E-state index contributed by atoms with van der Waals surface area (Å²) < 4.78 is 60.1. The van der Waals surface area contributed by atoms with Gasteiger partial charge in [-0.2, -0.15) is 16.8 Å². The summed E-state index contributed by atoms with van der Waals surface area (Å²) in [5.41, 5.74) is 1.89. The van der Waals surface area contributed by atoms with Gasteiger partial charge in [0.05, 0.1) is 0 Å². The molecular formula is C19H18O6S3. The first-order valence-corrected chi connectivity index (χ1v) is 12.1. The Hall–Kier alpha value is -2.36. The number of aryl methyl sites for hydroxylation is 2. The van der Waals surface area contributed by atoms with Crippen LogP contribution in [0, 0.1) is 6.92 Å². The molecule has 0 fully saturated rings. The van der Waals surface area contributed by atoms with Gasteiger partial charge in [0.25, 0.3) is 0 Å². The topological polar surface area (TPSA) is 86.7 Å². The van der Waals surface area contributed by atoms with E-state index < -0.39 is 20.2 Å². The van der Waals surface area contributed by atoms with Gasteiger partial charge in [-0.05, 0) is 43.2 Å². The van der Waals surface area contributed by atoms with Crippen LogP contribution in [0.3, 0.4) is 0 Å². The third-order valence-corrected chi connectivity index (χ3v) is 7.12. The van der Waals surface area contributed by atoms with Crippen LogP contribution in [-0.4, -0.2) is 16.8 Å². The first-order valence-electron chi connectivity index (χ1n) is 8.32. The van der Waals surface area contributed by atoms with Crippen molar-refractivity contribution in [2.75, 3.05) is 0 Å². The van der Waals surface area contributed by atoms with Crippen LogP contribution in [-0.2, 0) is 26.7 Å². The predicted molar refractivity (Wildman–Crippen MR) is 107 cm³/mol. The van der Waals surface area contributed by atoms with Crippen LogP contribution in [0.5, 0.6) is 11.5 Å². The van der Waals surface area contributed by atoms with Crippen molar-refractivity contribution in [3.63, 3.8) is 0 Å². The molecule has 0 saturated heterocycles. The molecule has 0 aliphatic carbocycles. The van der Waals surface area contributed by atoms with Crippen LogP contribution in [0.15, 0.2) is 69.1 Å². The van der Waals surface area contributed by atoms with Gasteiger partial charge in [0.1, 0.15) is 9.79 Å². The number of hydrogen-bond donors (Lipinski definition) is 0. The van der Waals surface area contributed by atoms with Crippen molar-refractivity contribution in [3.8, 4) is 11.5 Å². The minimum atomic E-state index is -4.12. The number of rotatable bonds is 7. The zero-order chi connectivity index (χ0) is 20.4. The van der Waals surface area contributed by atoms with Crippen molar-refractivity contribution in [3.05, 3.63) is 70.4 Å². The number of thiophene rings is 1. The lowest BCUT2D eigenvalue weighted by atomic mass is 10.2. The summed E-state index contributed by atoms with van der Waals surface area (Å²) in [7, 11) is -8.24. The summed E-state index contributed by atoms with van der Waals surface area (Å²) in [4.78, 5) is -0.0588. The molecule has 0 bridgehead atoms. The van der Waals surface area contributed by atoms with Gasteiger partial charge in [-0.1, -0.05) is 36.8 Å². The molecule has 0 radical (unpaired) electrons. The fraction of sp³-hybridized carbons (Fsp3) is 0.158. The van der Waals surface area contributed by atoms with E-state index in [0.29, 0.717) is 0 Å². The molecule has 3 aromatic rings. The smallest absolute Gasteiger partial charge is 0.339 e. The van der Waals surface area contributed by atoms with E-state index in [1.54, 1.807) is 24.3 Å². The Morgan fingerprint density at radius 2 is 1.18 bits per heavy atom. The molecule has 2 aromatic carbocycles. The summed E-state index contributed by atoms with van der Waals surface area (Å²) in [5.74, 6) is -0.361. The molecule has 0 aliphatic heterocycles. The summed E-state index contributed by atoms with van der Waals surface area (Å²) >= 11 is 1.07. The van der Waals surface area contributed by atoms with Gasteiger partial charge in [0, 0.05) is 10.8 Å². The van der Waals surface area contributed by atoms with E-state index >= 15 is 0 Å². The standard InChI is InChI=1S/C19H18O6S3/c1-3-15-6-10-17(11-7-15)28(22,23)25-19-13-26-12-18(19)24-27(20,21)16-8-4-14(2)5-9-16/h4-13H,3H2,1-2H3. The first kappa shape index (κ1) is 20.4. The Morgan fingerprint density at radius 1 is 0.750 bits per heavy atom. The lowest BCUT2D eigenvalue weighted by molar-refractivity contribution is 0.451. The summed E-state index contributed by atoms with van der Waals surface area (Å²) in [6.07, 6.45) is 0.778. The highest BCUT2D eigenvalue weighted by atomic mass is 32.2. The molecule has 0 spiro atoms. The normalized spacial score (nSPS) is 11.9. The Kier molecular flexibility index (Phi) is 5.78. The van der Waals surface area contributed by atoms with Crippen molar-refractivity contribution < 1.29 is 25.2 Å². The van der Waals surface area contributed by atoms with Crippen molar-refractivity contribution in [2.45, 2.75) is 30.1 Å². The average Bonchev–Trinajstić information content (AvgIpc) is 3.07. The van der Waals surface area contributed by atoms with E-state index in [1.807, 2.05) is 13.8 Å². The minimum Gasteiger partial charge on any atom is -0.374 e. The molecule has 28 heavy (non-hydrogen) atoms. The maximum Gasteiger partial charge on any atom is 0.339 e. The van der Waals surface area contributed by atoms with Crippen molar-refractivity contribution in [1.29, 1.82) is 0 Å². The molecule has 1 aromatic heterocycles. The van der Waals surface area contributed by atoms with Crippen LogP contribution >= 0.6 is 11.3 Å². The van der Waals surface area contributed by atoms with E-state index in [4.69, 9.17) is 8.37 Å². The first-order chi connectivity index (χ1) is 13.2. The second-order valence-corrected chi connectivity index (χ2v) is 9.82. The quantitative estimate of drug-likeness (QED) is 0.515. The number of benzene rings is 2. The molecule has 1 heterocycles.